The molecule has 0 amide bonds. The van der Waals surface area contributed by atoms with Crippen molar-refractivity contribution in [2.24, 2.45) is 0 Å². The van der Waals surface area contributed by atoms with E-state index in [0.29, 0.717) is 11.6 Å². The smallest absolute Gasteiger partial charge is 0.160 e. The molecular weight excluding hydrogens is 717 g/mol. The van der Waals surface area contributed by atoms with Gasteiger partial charge in [-0.15, -0.1) is 0 Å². The minimum Gasteiger partial charge on any atom is -0.228 e. The Morgan fingerprint density at radius 2 is 0.593 bits per heavy atom. The summed E-state index contributed by atoms with van der Waals surface area (Å²) in [5, 5.41) is 4.79. The molecule has 280 valence electrons. The molecule has 0 saturated carbocycles. The van der Waals surface area contributed by atoms with Crippen molar-refractivity contribution < 1.29 is 0 Å². The molecule has 2 aromatic heterocycles. The largest absolute Gasteiger partial charge is 0.228 e. The minimum atomic E-state index is -0.259. The first-order valence-corrected chi connectivity index (χ1v) is 20.0. The maximum atomic E-state index is 5.09. The molecular formula is C55H40N4. The zero-order valence-corrected chi connectivity index (χ0v) is 32.9. The molecule has 8 aromatic carbocycles. The lowest BCUT2D eigenvalue weighted by molar-refractivity contribution is 0.641. The molecule has 0 spiro atoms. The Morgan fingerprint density at radius 3 is 0.983 bits per heavy atom. The third kappa shape index (κ3) is 7.17. The third-order valence-electron chi connectivity index (χ3n) is 11.4. The van der Waals surface area contributed by atoms with Crippen LogP contribution in [0.15, 0.2) is 206 Å². The predicted molar refractivity (Wildman–Crippen MR) is 244 cm³/mol. The van der Waals surface area contributed by atoms with Gasteiger partial charge in [0, 0.05) is 38.8 Å². The molecule has 4 heteroatoms. The summed E-state index contributed by atoms with van der Waals surface area (Å²) < 4.78 is 0. The predicted octanol–water partition coefficient (Wildman–Crippen LogP) is 13.9. The molecule has 4 nitrogen and oxygen atoms in total. The first-order valence-electron chi connectivity index (χ1n) is 20.0. The number of fused-ring (bicyclic) bond motifs is 2. The lowest BCUT2D eigenvalue weighted by Crippen LogP contribution is -2.18. The minimum absolute atomic E-state index is 0.259. The van der Waals surface area contributed by atoms with E-state index < -0.39 is 0 Å². The van der Waals surface area contributed by atoms with Crippen molar-refractivity contribution in [1.29, 1.82) is 0 Å². The van der Waals surface area contributed by atoms with E-state index in [9.17, 15) is 0 Å². The molecule has 0 aliphatic heterocycles. The van der Waals surface area contributed by atoms with Gasteiger partial charge in [-0.3, -0.25) is 0 Å². The molecule has 0 atom stereocenters. The Labute approximate surface area is 344 Å². The molecule has 0 radical (unpaired) electrons. The summed E-state index contributed by atoms with van der Waals surface area (Å²) in [5.74, 6) is 1.42. The molecule has 0 fully saturated rings. The van der Waals surface area contributed by atoms with E-state index in [2.05, 4.69) is 184 Å². The molecule has 59 heavy (non-hydrogen) atoms. The summed E-state index contributed by atoms with van der Waals surface area (Å²) in [6.07, 6.45) is 0. The van der Waals surface area contributed by atoms with E-state index in [4.69, 9.17) is 19.9 Å². The molecule has 2 heterocycles. The molecule has 10 rings (SSSR count). The average Bonchev–Trinajstić information content (AvgIpc) is 3.31. The van der Waals surface area contributed by atoms with Gasteiger partial charge in [-0.25, -0.2) is 19.9 Å². The second-order valence-corrected chi connectivity index (χ2v) is 15.6. The van der Waals surface area contributed by atoms with Gasteiger partial charge in [0.05, 0.1) is 22.8 Å². The summed E-state index contributed by atoms with van der Waals surface area (Å²) >= 11 is 0. The van der Waals surface area contributed by atoms with Gasteiger partial charge in [-0.2, -0.15) is 0 Å². The van der Waals surface area contributed by atoms with Gasteiger partial charge in [-0.05, 0) is 56.9 Å². The van der Waals surface area contributed by atoms with Gasteiger partial charge >= 0.3 is 0 Å². The second kappa shape index (κ2) is 15.1. The van der Waals surface area contributed by atoms with E-state index in [1.165, 1.54) is 32.7 Å². The normalized spacial score (nSPS) is 11.6. The molecule has 0 aliphatic carbocycles. The summed E-state index contributed by atoms with van der Waals surface area (Å²) in [4.78, 5) is 20.3. The van der Waals surface area contributed by atoms with Crippen LogP contribution in [0, 0.1) is 0 Å². The molecule has 0 unspecified atom stereocenters. The number of hydrogen-bond donors (Lipinski definition) is 0. The standard InChI is InChI=1S/C55H40N4/c1-55(2,47-29-25-39(26-30-47)49-35-51(58-53(56-49)41-15-5-3-6-16-41)45-23-21-37-13-9-11-19-43(37)33-45)48-31-27-40(28-32-48)50-36-52(59-54(57-50)42-17-7-4-8-18-42)46-24-22-38-14-10-12-20-44(38)34-46/h3-36H,1-2H3. The summed E-state index contributed by atoms with van der Waals surface area (Å²) in [5.41, 5.74) is 11.9. The Bertz CT molecular complexity index is 2890. The van der Waals surface area contributed by atoms with Gasteiger partial charge in [0.25, 0.3) is 0 Å². The van der Waals surface area contributed by atoms with Crippen molar-refractivity contribution in [2.45, 2.75) is 19.3 Å². The number of benzene rings is 8. The fraction of sp³-hybridized carbons (Fsp3) is 0.0545. The highest BCUT2D eigenvalue weighted by Crippen LogP contribution is 2.36. The van der Waals surface area contributed by atoms with E-state index in [1.54, 1.807) is 0 Å². The van der Waals surface area contributed by atoms with Crippen LogP contribution in [0.4, 0.5) is 0 Å². The van der Waals surface area contributed by atoms with E-state index in [1.807, 2.05) is 36.4 Å². The SMILES string of the molecule is CC(C)(c1ccc(-c2cc(-c3ccc4ccccc4c3)nc(-c3ccccc3)n2)cc1)c1ccc(-c2cc(-c3ccc4ccccc4c3)nc(-c3ccccc3)n2)cc1. The maximum absolute atomic E-state index is 5.09. The fourth-order valence-electron chi connectivity index (χ4n) is 7.90. The maximum Gasteiger partial charge on any atom is 0.160 e. The van der Waals surface area contributed by atoms with Crippen LogP contribution in [0.1, 0.15) is 25.0 Å². The second-order valence-electron chi connectivity index (χ2n) is 15.6. The molecule has 0 N–H and O–H groups in total. The monoisotopic (exact) mass is 756 g/mol. The zero-order valence-electron chi connectivity index (χ0n) is 32.9. The van der Waals surface area contributed by atoms with Gasteiger partial charge in [0.15, 0.2) is 11.6 Å². The summed E-state index contributed by atoms with van der Waals surface area (Å²) in [6, 6.07) is 72.2. The van der Waals surface area contributed by atoms with Crippen molar-refractivity contribution in [1.82, 2.24) is 19.9 Å². The van der Waals surface area contributed by atoms with Crippen molar-refractivity contribution in [3.05, 3.63) is 217 Å². The molecule has 10 aromatic rings. The van der Waals surface area contributed by atoms with Crippen molar-refractivity contribution in [3.63, 3.8) is 0 Å². The van der Waals surface area contributed by atoms with Crippen LogP contribution in [0.25, 0.3) is 89.4 Å². The van der Waals surface area contributed by atoms with Crippen LogP contribution in [-0.4, -0.2) is 19.9 Å². The van der Waals surface area contributed by atoms with Crippen LogP contribution >= 0.6 is 0 Å². The summed E-state index contributed by atoms with van der Waals surface area (Å²) in [7, 11) is 0. The van der Waals surface area contributed by atoms with Crippen LogP contribution in [-0.2, 0) is 5.41 Å². The van der Waals surface area contributed by atoms with Crippen molar-refractivity contribution in [3.8, 4) is 67.8 Å². The topological polar surface area (TPSA) is 51.6 Å². The van der Waals surface area contributed by atoms with Crippen LogP contribution < -0.4 is 0 Å². The highest BCUT2D eigenvalue weighted by Gasteiger charge is 2.24. The van der Waals surface area contributed by atoms with E-state index in [0.717, 1.165) is 56.2 Å². The quantitative estimate of drug-likeness (QED) is 0.155. The Morgan fingerprint density at radius 1 is 0.271 bits per heavy atom. The fourth-order valence-corrected chi connectivity index (χ4v) is 7.90. The third-order valence-corrected chi connectivity index (χ3v) is 11.4. The Hall–Kier alpha value is -7.56. The van der Waals surface area contributed by atoms with Gasteiger partial charge < -0.3 is 0 Å². The highest BCUT2D eigenvalue weighted by atomic mass is 14.9. The first kappa shape index (κ1) is 35.8. The molecule has 0 aliphatic rings. The number of nitrogens with zero attached hydrogens (tertiary/aromatic N) is 4. The van der Waals surface area contributed by atoms with Crippen LogP contribution in [0.5, 0.6) is 0 Å². The van der Waals surface area contributed by atoms with Crippen LogP contribution in [0.2, 0.25) is 0 Å². The first-order chi connectivity index (χ1) is 28.9. The number of hydrogen-bond acceptors (Lipinski definition) is 4. The van der Waals surface area contributed by atoms with Gasteiger partial charge in [0.2, 0.25) is 0 Å². The number of aromatic nitrogens is 4. The van der Waals surface area contributed by atoms with Crippen LogP contribution in [0.3, 0.4) is 0 Å². The highest BCUT2D eigenvalue weighted by molar-refractivity contribution is 5.88. The van der Waals surface area contributed by atoms with Gasteiger partial charge in [0.1, 0.15) is 0 Å². The zero-order chi connectivity index (χ0) is 39.8. The van der Waals surface area contributed by atoms with Gasteiger partial charge in [-0.1, -0.05) is 196 Å². The lowest BCUT2D eigenvalue weighted by Gasteiger charge is -2.26. The average molecular weight is 757 g/mol. The Kier molecular flexibility index (Phi) is 9.15. The van der Waals surface area contributed by atoms with Crippen molar-refractivity contribution in [2.75, 3.05) is 0 Å². The lowest BCUT2D eigenvalue weighted by atomic mass is 9.77. The van der Waals surface area contributed by atoms with E-state index >= 15 is 0 Å². The van der Waals surface area contributed by atoms with E-state index in [-0.39, 0.29) is 5.41 Å². The Balaban J connectivity index is 0.969. The molecule has 0 bridgehead atoms. The van der Waals surface area contributed by atoms with Crippen molar-refractivity contribution >= 4 is 21.5 Å². The number of rotatable bonds is 8. The molecule has 0 saturated heterocycles. The summed E-state index contributed by atoms with van der Waals surface area (Å²) in [6.45, 7) is 4.56.